The number of carbonyl (C=O) groups is 1. The molecule has 31 heavy (non-hydrogen) atoms. The van der Waals surface area contributed by atoms with Crippen LogP contribution in [0.1, 0.15) is 16.1 Å². The van der Waals surface area contributed by atoms with E-state index in [1.807, 2.05) is 48.5 Å². The zero-order chi connectivity index (χ0) is 21.2. The molecule has 152 valence electrons. The summed E-state index contributed by atoms with van der Waals surface area (Å²) in [6.07, 6.45) is 3.25. The first-order valence-electron chi connectivity index (χ1n) is 9.82. The smallest absolute Gasteiger partial charge is 0.258 e. The number of aromatic nitrogens is 4. The minimum atomic E-state index is -0.123. The molecule has 0 bridgehead atoms. The Morgan fingerprint density at radius 1 is 1.00 bits per heavy atom. The number of fused-ring (bicyclic) bond motifs is 2. The number of nitrogens with zero attached hydrogens (tertiary/aromatic N) is 5. The highest BCUT2D eigenvalue weighted by Gasteiger charge is 2.14. The Bertz CT molecular complexity index is 1380. The van der Waals surface area contributed by atoms with Crippen LogP contribution < -0.4 is 9.64 Å². The highest BCUT2D eigenvalue weighted by Crippen LogP contribution is 2.19. The molecule has 7 nitrogen and oxygen atoms in total. The van der Waals surface area contributed by atoms with Crippen LogP contribution in [0.5, 0.6) is 5.75 Å². The Labute approximate surface area is 178 Å². The lowest BCUT2D eigenvalue weighted by Gasteiger charge is -2.17. The highest BCUT2D eigenvalue weighted by atomic mass is 16.5. The second-order valence-electron chi connectivity index (χ2n) is 7.12. The maximum atomic E-state index is 12.9. The van der Waals surface area contributed by atoms with Crippen LogP contribution in [0, 0.1) is 0 Å². The van der Waals surface area contributed by atoms with Crippen molar-refractivity contribution >= 4 is 28.1 Å². The summed E-state index contributed by atoms with van der Waals surface area (Å²) < 4.78 is 7.49. The summed E-state index contributed by atoms with van der Waals surface area (Å²) in [5.41, 5.74) is 3.81. The molecule has 0 aliphatic rings. The van der Waals surface area contributed by atoms with Gasteiger partial charge in [-0.2, -0.15) is 5.10 Å². The molecule has 0 spiro atoms. The van der Waals surface area contributed by atoms with Crippen molar-refractivity contribution in [3.8, 4) is 5.75 Å². The van der Waals surface area contributed by atoms with E-state index >= 15 is 0 Å². The second-order valence-corrected chi connectivity index (χ2v) is 7.12. The van der Waals surface area contributed by atoms with Crippen molar-refractivity contribution in [3.63, 3.8) is 0 Å². The first kappa shape index (κ1) is 18.7. The molecule has 0 radical (unpaired) electrons. The maximum absolute atomic E-state index is 12.9. The lowest BCUT2D eigenvalue weighted by atomic mass is 10.2. The van der Waals surface area contributed by atoms with Gasteiger partial charge in [0.15, 0.2) is 5.65 Å². The minimum absolute atomic E-state index is 0.123. The number of carbonyl (C=O) groups excluding carboxylic acids is 1. The van der Waals surface area contributed by atoms with Crippen molar-refractivity contribution in [3.05, 3.63) is 96.6 Å². The van der Waals surface area contributed by atoms with Gasteiger partial charge in [0.1, 0.15) is 18.7 Å². The molecule has 0 N–H and O–H groups in total. The number of pyridine rings is 2. The van der Waals surface area contributed by atoms with Crippen LogP contribution >= 0.6 is 0 Å². The normalized spacial score (nSPS) is 11.0. The predicted octanol–water partition coefficient (Wildman–Crippen LogP) is 4.13. The van der Waals surface area contributed by atoms with Gasteiger partial charge < -0.3 is 9.64 Å². The van der Waals surface area contributed by atoms with E-state index in [1.54, 1.807) is 46.9 Å². The number of para-hydroxylation sites is 1. The number of hydrogen-bond acceptors (Lipinski definition) is 5. The van der Waals surface area contributed by atoms with Crippen LogP contribution in [0.2, 0.25) is 0 Å². The highest BCUT2D eigenvalue weighted by molar-refractivity contribution is 6.05. The fraction of sp³-hybridized carbons (Fsp3) is 0.0833. The molecule has 0 saturated heterocycles. The first-order chi connectivity index (χ1) is 15.2. The minimum Gasteiger partial charge on any atom is -0.487 e. The van der Waals surface area contributed by atoms with Gasteiger partial charge in [-0.15, -0.1) is 0 Å². The standard InChI is InChI=1S/C24H19N5O2/c1-28(20-10-13-23-25-16-26-29(23)14-20)24(30)18-7-11-21(12-8-18)31-15-19-9-6-17-4-2-3-5-22(17)27-19/h2-14,16H,15H2,1H3. The molecule has 3 heterocycles. The number of ether oxygens (including phenoxy) is 1. The van der Waals surface area contributed by atoms with Gasteiger partial charge >= 0.3 is 0 Å². The lowest BCUT2D eigenvalue weighted by molar-refractivity contribution is 0.0993. The molecule has 7 heteroatoms. The number of amides is 1. The number of hydrogen-bond donors (Lipinski definition) is 0. The van der Waals surface area contributed by atoms with Gasteiger partial charge in [0.25, 0.3) is 5.91 Å². The van der Waals surface area contributed by atoms with E-state index < -0.39 is 0 Å². The molecule has 0 saturated carbocycles. The van der Waals surface area contributed by atoms with E-state index in [9.17, 15) is 4.79 Å². The summed E-state index contributed by atoms with van der Waals surface area (Å²) in [6, 6.07) is 22.7. The second kappa shape index (κ2) is 7.87. The van der Waals surface area contributed by atoms with Crippen LogP contribution in [-0.2, 0) is 6.61 Å². The first-order valence-corrected chi connectivity index (χ1v) is 9.82. The number of benzene rings is 2. The van der Waals surface area contributed by atoms with Crippen LogP contribution in [0.15, 0.2) is 85.3 Å². The van der Waals surface area contributed by atoms with Gasteiger partial charge in [0.2, 0.25) is 0 Å². The van der Waals surface area contributed by atoms with Gasteiger partial charge in [-0.1, -0.05) is 24.3 Å². The average Bonchev–Trinajstić information content (AvgIpc) is 3.30. The van der Waals surface area contributed by atoms with Crippen molar-refractivity contribution in [2.24, 2.45) is 0 Å². The molecule has 3 aromatic heterocycles. The molecule has 2 aromatic carbocycles. The lowest BCUT2D eigenvalue weighted by Crippen LogP contribution is -2.26. The van der Waals surface area contributed by atoms with Crippen LogP contribution in [0.4, 0.5) is 5.69 Å². The van der Waals surface area contributed by atoms with Crippen molar-refractivity contribution < 1.29 is 9.53 Å². The van der Waals surface area contributed by atoms with Crippen molar-refractivity contribution in [2.75, 3.05) is 11.9 Å². The summed E-state index contributed by atoms with van der Waals surface area (Å²) in [4.78, 5) is 23.2. The van der Waals surface area contributed by atoms with E-state index in [4.69, 9.17) is 4.74 Å². The predicted molar refractivity (Wildman–Crippen MR) is 118 cm³/mol. The molecule has 5 rings (SSSR count). The van der Waals surface area contributed by atoms with Crippen molar-refractivity contribution in [2.45, 2.75) is 6.61 Å². The SMILES string of the molecule is CN(C(=O)c1ccc(OCc2ccc3ccccc3n2)cc1)c1ccc2ncnn2c1. The van der Waals surface area contributed by atoms with Crippen LogP contribution in [0.25, 0.3) is 16.6 Å². The zero-order valence-electron chi connectivity index (χ0n) is 16.8. The maximum Gasteiger partial charge on any atom is 0.258 e. The average molecular weight is 409 g/mol. The van der Waals surface area contributed by atoms with Gasteiger partial charge in [-0.25, -0.2) is 14.5 Å². The van der Waals surface area contributed by atoms with Gasteiger partial charge in [0, 0.05) is 18.0 Å². The summed E-state index contributed by atoms with van der Waals surface area (Å²) in [5, 5.41) is 5.21. The number of anilines is 1. The zero-order valence-corrected chi connectivity index (χ0v) is 16.8. The fourth-order valence-electron chi connectivity index (χ4n) is 3.35. The van der Waals surface area contributed by atoms with E-state index in [2.05, 4.69) is 15.1 Å². The number of rotatable bonds is 5. The molecular formula is C24H19N5O2. The Balaban J connectivity index is 1.26. The van der Waals surface area contributed by atoms with Crippen molar-refractivity contribution in [1.82, 2.24) is 19.6 Å². The molecule has 5 aromatic rings. The van der Waals surface area contributed by atoms with Crippen LogP contribution in [-0.4, -0.2) is 32.5 Å². The summed E-state index contributed by atoms with van der Waals surface area (Å²) in [5.74, 6) is 0.556. The molecule has 0 atom stereocenters. The van der Waals surface area contributed by atoms with Crippen LogP contribution in [0.3, 0.4) is 0 Å². The topological polar surface area (TPSA) is 72.6 Å². The molecule has 1 amide bonds. The van der Waals surface area contributed by atoms with E-state index in [0.717, 1.165) is 27.9 Å². The molecule has 0 unspecified atom stereocenters. The monoisotopic (exact) mass is 409 g/mol. The van der Waals surface area contributed by atoms with E-state index in [1.165, 1.54) is 6.33 Å². The summed E-state index contributed by atoms with van der Waals surface area (Å²) >= 11 is 0. The van der Waals surface area contributed by atoms with E-state index in [0.29, 0.717) is 17.9 Å². The fourth-order valence-corrected chi connectivity index (χ4v) is 3.35. The Kier molecular flexibility index (Phi) is 4.76. The third-order valence-electron chi connectivity index (χ3n) is 5.09. The molecule has 0 aliphatic heterocycles. The largest absolute Gasteiger partial charge is 0.487 e. The van der Waals surface area contributed by atoms with Crippen molar-refractivity contribution in [1.29, 1.82) is 0 Å². The van der Waals surface area contributed by atoms with E-state index in [-0.39, 0.29) is 5.91 Å². The Hall–Kier alpha value is -4.26. The van der Waals surface area contributed by atoms with Gasteiger partial charge in [-0.3, -0.25) is 4.79 Å². The van der Waals surface area contributed by atoms with Gasteiger partial charge in [0.05, 0.1) is 23.1 Å². The third kappa shape index (κ3) is 3.81. The molecular weight excluding hydrogens is 390 g/mol. The summed E-state index contributed by atoms with van der Waals surface area (Å²) in [6.45, 7) is 0.357. The molecule has 0 fully saturated rings. The Morgan fingerprint density at radius 3 is 2.71 bits per heavy atom. The van der Waals surface area contributed by atoms with Gasteiger partial charge in [-0.05, 0) is 48.5 Å². The quantitative estimate of drug-likeness (QED) is 0.436. The Morgan fingerprint density at radius 2 is 1.84 bits per heavy atom. The summed E-state index contributed by atoms with van der Waals surface area (Å²) in [7, 11) is 1.73. The molecule has 0 aliphatic carbocycles. The third-order valence-corrected chi connectivity index (χ3v) is 5.09.